The first-order valence-electron chi connectivity index (χ1n) is 5.42. The average molecular weight is 242 g/mol. The molecule has 0 radical (unpaired) electrons. The molecule has 0 saturated carbocycles. The van der Waals surface area contributed by atoms with Crippen LogP contribution in [0, 0.1) is 0 Å². The zero-order valence-corrected chi connectivity index (χ0v) is 10.3. The molecule has 1 nitrogen and oxygen atoms in total. The minimum atomic E-state index is 0.812. The van der Waals surface area contributed by atoms with Gasteiger partial charge in [-0.3, -0.25) is 0 Å². The van der Waals surface area contributed by atoms with Gasteiger partial charge in [0.2, 0.25) is 0 Å². The van der Waals surface area contributed by atoms with Gasteiger partial charge in [0.15, 0.2) is 0 Å². The Bertz CT molecular complexity index is 310. The fraction of sp³-hybridized carbons (Fsp3) is 0.500. The zero-order chi connectivity index (χ0) is 10.5. The lowest BCUT2D eigenvalue weighted by molar-refractivity contribution is 0.858. The van der Waals surface area contributed by atoms with Gasteiger partial charge in [0.1, 0.15) is 0 Å². The van der Waals surface area contributed by atoms with Gasteiger partial charge in [-0.05, 0) is 36.8 Å². The van der Waals surface area contributed by atoms with Crippen LogP contribution in [0.4, 0.5) is 0 Å². The van der Waals surface area contributed by atoms with E-state index in [9.17, 15) is 0 Å². The molecule has 1 atom stereocenters. The summed E-state index contributed by atoms with van der Waals surface area (Å²) in [5.74, 6) is 1.18. The standard InChI is InChI=1S/C12H16ClNS/c13-12-4-2-1-3-10(12)6-8-15-11-5-7-14-9-11/h1-4,11,14H,5-9H2. The van der Waals surface area contributed by atoms with Crippen molar-refractivity contribution in [1.82, 2.24) is 5.32 Å². The lowest BCUT2D eigenvalue weighted by atomic mass is 10.2. The first kappa shape index (κ1) is 11.3. The Hall–Kier alpha value is -0.180. The van der Waals surface area contributed by atoms with Crippen LogP contribution < -0.4 is 5.32 Å². The summed E-state index contributed by atoms with van der Waals surface area (Å²) in [4.78, 5) is 0. The van der Waals surface area contributed by atoms with Crippen molar-refractivity contribution in [3.05, 3.63) is 34.9 Å². The molecule has 0 aliphatic carbocycles. The average Bonchev–Trinajstić information content (AvgIpc) is 2.74. The number of aryl methyl sites for hydroxylation is 1. The molecule has 1 fully saturated rings. The first-order chi connectivity index (χ1) is 7.36. The van der Waals surface area contributed by atoms with Crippen molar-refractivity contribution in [1.29, 1.82) is 0 Å². The summed E-state index contributed by atoms with van der Waals surface area (Å²) < 4.78 is 0. The van der Waals surface area contributed by atoms with Gasteiger partial charge in [0, 0.05) is 16.8 Å². The predicted molar refractivity (Wildman–Crippen MR) is 68.9 cm³/mol. The summed E-state index contributed by atoms with van der Waals surface area (Å²) in [6, 6.07) is 8.14. The van der Waals surface area contributed by atoms with E-state index in [1.165, 1.54) is 30.8 Å². The van der Waals surface area contributed by atoms with Crippen LogP contribution in [0.25, 0.3) is 0 Å². The van der Waals surface area contributed by atoms with Crippen molar-refractivity contribution in [2.75, 3.05) is 18.8 Å². The third-order valence-corrected chi connectivity index (χ3v) is 4.38. The molecule has 1 saturated heterocycles. The summed E-state index contributed by atoms with van der Waals surface area (Å²) in [7, 11) is 0. The molecular weight excluding hydrogens is 226 g/mol. The Morgan fingerprint density at radius 2 is 2.27 bits per heavy atom. The smallest absolute Gasteiger partial charge is 0.0438 e. The maximum Gasteiger partial charge on any atom is 0.0438 e. The van der Waals surface area contributed by atoms with Crippen LogP contribution in [0.2, 0.25) is 5.02 Å². The summed E-state index contributed by atoms with van der Waals surface area (Å²) in [5, 5.41) is 5.10. The minimum absolute atomic E-state index is 0.812. The highest BCUT2D eigenvalue weighted by Gasteiger charge is 2.14. The summed E-state index contributed by atoms with van der Waals surface area (Å²) in [5.41, 5.74) is 1.28. The van der Waals surface area contributed by atoms with Crippen molar-refractivity contribution in [2.24, 2.45) is 0 Å². The van der Waals surface area contributed by atoms with Crippen LogP contribution in [0.1, 0.15) is 12.0 Å². The Morgan fingerprint density at radius 3 is 3.00 bits per heavy atom. The molecule has 1 N–H and O–H groups in total. The van der Waals surface area contributed by atoms with Gasteiger partial charge in [-0.15, -0.1) is 0 Å². The molecule has 0 spiro atoms. The van der Waals surface area contributed by atoms with Gasteiger partial charge in [0.25, 0.3) is 0 Å². The van der Waals surface area contributed by atoms with E-state index >= 15 is 0 Å². The van der Waals surface area contributed by atoms with E-state index in [4.69, 9.17) is 11.6 Å². The second-order valence-electron chi connectivity index (χ2n) is 3.83. The molecule has 0 aromatic heterocycles. The van der Waals surface area contributed by atoms with Gasteiger partial charge in [-0.1, -0.05) is 29.8 Å². The van der Waals surface area contributed by atoms with Crippen molar-refractivity contribution < 1.29 is 0 Å². The van der Waals surface area contributed by atoms with Crippen LogP contribution in [0.5, 0.6) is 0 Å². The second kappa shape index (κ2) is 5.78. The van der Waals surface area contributed by atoms with Crippen LogP contribution >= 0.6 is 23.4 Å². The first-order valence-corrected chi connectivity index (χ1v) is 6.84. The van der Waals surface area contributed by atoms with Gasteiger partial charge in [-0.25, -0.2) is 0 Å². The Morgan fingerprint density at radius 1 is 1.40 bits per heavy atom. The van der Waals surface area contributed by atoms with Gasteiger partial charge < -0.3 is 5.32 Å². The van der Waals surface area contributed by atoms with E-state index in [-0.39, 0.29) is 0 Å². The van der Waals surface area contributed by atoms with Crippen molar-refractivity contribution in [3.63, 3.8) is 0 Å². The Kier molecular flexibility index (Phi) is 4.36. The van der Waals surface area contributed by atoms with E-state index in [1.807, 2.05) is 12.1 Å². The van der Waals surface area contributed by atoms with Crippen molar-refractivity contribution in [3.8, 4) is 0 Å². The molecule has 1 heterocycles. The highest BCUT2D eigenvalue weighted by Crippen LogP contribution is 2.21. The van der Waals surface area contributed by atoms with E-state index in [2.05, 4.69) is 29.2 Å². The molecule has 82 valence electrons. The fourth-order valence-electron chi connectivity index (χ4n) is 1.81. The highest BCUT2D eigenvalue weighted by atomic mass is 35.5. The molecule has 0 amide bonds. The van der Waals surface area contributed by atoms with E-state index in [1.54, 1.807) is 0 Å². The normalized spacial score (nSPS) is 20.7. The molecule has 1 aromatic carbocycles. The SMILES string of the molecule is Clc1ccccc1CCSC1CCNC1. The topological polar surface area (TPSA) is 12.0 Å². The van der Waals surface area contributed by atoms with Crippen LogP contribution in [0.3, 0.4) is 0 Å². The minimum Gasteiger partial charge on any atom is -0.316 e. The number of hydrogen-bond donors (Lipinski definition) is 1. The molecule has 15 heavy (non-hydrogen) atoms. The number of hydrogen-bond acceptors (Lipinski definition) is 2. The van der Waals surface area contributed by atoms with Gasteiger partial charge in [-0.2, -0.15) is 11.8 Å². The summed E-state index contributed by atoms with van der Waals surface area (Å²) in [6.45, 7) is 2.36. The molecule has 1 aliphatic heterocycles. The van der Waals surface area contributed by atoms with Crippen LogP contribution in [0.15, 0.2) is 24.3 Å². The van der Waals surface area contributed by atoms with Crippen molar-refractivity contribution in [2.45, 2.75) is 18.1 Å². The maximum atomic E-state index is 6.10. The number of nitrogens with one attached hydrogen (secondary N) is 1. The Labute approximate surface area is 101 Å². The Balaban J connectivity index is 1.75. The second-order valence-corrected chi connectivity index (χ2v) is 5.64. The maximum absolute atomic E-state index is 6.10. The van der Waals surface area contributed by atoms with Gasteiger partial charge in [0.05, 0.1) is 0 Å². The van der Waals surface area contributed by atoms with Crippen LogP contribution in [-0.4, -0.2) is 24.1 Å². The summed E-state index contributed by atoms with van der Waals surface area (Å²) >= 11 is 8.16. The molecule has 0 bridgehead atoms. The quantitative estimate of drug-likeness (QED) is 0.870. The molecular formula is C12H16ClNS. The van der Waals surface area contributed by atoms with E-state index in [0.717, 1.165) is 16.7 Å². The van der Waals surface area contributed by atoms with Crippen molar-refractivity contribution >= 4 is 23.4 Å². The van der Waals surface area contributed by atoms with Gasteiger partial charge >= 0.3 is 0 Å². The molecule has 1 unspecified atom stereocenters. The molecule has 1 aromatic rings. The lowest BCUT2D eigenvalue weighted by Gasteiger charge is -2.08. The highest BCUT2D eigenvalue weighted by molar-refractivity contribution is 7.99. The summed E-state index contributed by atoms with van der Waals surface area (Å²) in [6.07, 6.45) is 2.40. The monoisotopic (exact) mass is 241 g/mol. The number of benzene rings is 1. The van der Waals surface area contributed by atoms with Crippen LogP contribution in [-0.2, 0) is 6.42 Å². The third-order valence-electron chi connectivity index (χ3n) is 2.70. The lowest BCUT2D eigenvalue weighted by Crippen LogP contribution is -2.10. The molecule has 3 heteroatoms. The van der Waals surface area contributed by atoms with E-state index < -0.39 is 0 Å². The van der Waals surface area contributed by atoms with E-state index in [0.29, 0.717) is 0 Å². The fourth-order valence-corrected chi connectivity index (χ4v) is 3.23. The number of rotatable bonds is 4. The largest absolute Gasteiger partial charge is 0.316 e. The predicted octanol–water partition coefficient (Wildman–Crippen LogP) is 2.98. The number of halogens is 1. The number of thioether (sulfide) groups is 1. The molecule has 2 rings (SSSR count). The zero-order valence-electron chi connectivity index (χ0n) is 8.71. The third kappa shape index (κ3) is 3.40. The molecule has 1 aliphatic rings.